The van der Waals surface area contributed by atoms with Crippen molar-refractivity contribution in [3.05, 3.63) is 11.8 Å². The quantitative estimate of drug-likeness (QED) is 0.263. The highest BCUT2D eigenvalue weighted by Gasteiger charge is 2.21. The van der Waals surface area contributed by atoms with Crippen LogP contribution in [0.4, 0.5) is 0 Å². The third kappa shape index (κ3) is 10.6. The molecule has 2 N–H and O–H groups in total. The Labute approximate surface area is 124 Å². The molecule has 0 aliphatic carbocycles. The van der Waals surface area contributed by atoms with Crippen LogP contribution in [0, 0.1) is 0 Å². The molecule has 0 aromatic carbocycles. The van der Waals surface area contributed by atoms with Crippen LogP contribution in [0.2, 0.25) is 0 Å². The Kier molecular flexibility index (Phi) is 9.92. The summed E-state index contributed by atoms with van der Waals surface area (Å²) in [5.74, 6) is -2.76. The normalized spacial score (nSPS) is 12.8. The third-order valence-electron chi connectivity index (χ3n) is 2.83. The molecule has 0 amide bonds. The summed E-state index contributed by atoms with van der Waals surface area (Å²) >= 11 is 0. The van der Waals surface area contributed by atoms with Gasteiger partial charge in [0.15, 0.2) is 11.9 Å². The number of unbranched alkanes of at least 4 members (excludes halogenated alkanes) is 4. The number of carboxylic acids is 1. The number of aliphatic hydroxyl groups excluding tert-OH is 1. The van der Waals surface area contributed by atoms with Crippen molar-refractivity contribution in [3.63, 3.8) is 0 Å². The van der Waals surface area contributed by atoms with Gasteiger partial charge >= 0.3 is 11.9 Å². The summed E-state index contributed by atoms with van der Waals surface area (Å²) in [6.07, 6.45) is 4.32. The average molecular weight is 300 g/mol. The lowest BCUT2D eigenvalue weighted by Gasteiger charge is -2.14. The molecule has 0 rings (SSSR count). The molecule has 0 fully saturated rings. The molecule has 21 heavy (non-hydrogen) atoms. The molecule has 0 aliphatic heterocycles. The zero-order chi connectivity index (χ0) is 16.3. The van der Waals surface area contributed by atoms with Crippen molar-refractivity contribution in [1.29, 1.82) is 0 Å². The van der Waals surface area contributed by atoms with E-state index in [1.54, 1.807) is 0 Å². The van der Waals surface area contributed by atoms with Gasteiger partial charge in [-0.05, 0) is 6.42 Å². The number of carbonyl (C=O) groups is 3. The van der Waals surface area contributed by atoms with Crippen molar-refractivity contribution in [2.24, 2.45) is 0 Å². The lowest BCUT2D eigenvalue weighted by molar-refractivity contribution is -0.150. The molecular weight excluding hydrogens is 276 g/mol. The highest BCUT2D eigenvalue weighted by Crippen LogP contribution is 2.11. The fourth-order valence-corrected chi connectivity index (χ4v) is 1.80. The molecule has 0 unspecified atom stereocenters. The van der Waals surface area contributed by atoms with Crippen LogP contribution in [-0.2, 0) is 19.1 Å². The van der Waals surface area contributed by atoms with Gasteiger partial charge in [-0.25, -0.2) is 0 Å². The first-order valence-corrected chi connectivity index (χ1v) is 7.19. The minimum atomic E-state index is -1.32. The van der Waals surface area contributed by atoms with E-state index >= 15 is 0 Å². The molecule has 0 aromatic rings. The topological polar surface area (TPSA) is 101 Å². The highest BCUT2D eigenvalue weighted by atomic mass is 16.6. The Morgan fingerprint density at radius 2 is 1.71 bits per heavy atom. The maximum absolute atomic E-state index is 11.6. The van der Waals surface area contributed by atoms with Crippen molar-refractivity contribution in [2.45, 2.75) is 64.9 Å². The van der Waals surface area contributed by atoms with E-state index in [-0.39, 0.29) is 12.2 Å². The van der Waals surface area contributed by atoms with Gasteiger partial charge in [0, 0.05) is 19.4 Å². The molecule has 6 nitrogen and oxygen atoms in total. The monoisotopic (exact) mass is 300 g/mol. The van der Waals surface area contributed by atoms with E-state index in [9.17, 15) is 19.5 Å². The Balaban J connectivity index is 4.39. The number of esters is 1. The molecule has 6 heteroatoms. The number of rotatable bonds is 11. The van der Waals surface area contributed by atoms with Crippen LogP contribution >= 0.6 is 0 Å². The molecule has 0 saturated heterocycles. The van der Waals surface area contributed by atoms with E-state index in [4.69, 9.17) is 9.84 Å². The molecule has 0 aliphatic rings. The molecule has 1 atom stereocenters. The summed E-state index contributed by atoms with van der Waals surface area (Å²) in [5.41, 5.74) is 0. The second kappa shape index (κ2) is 10.9. The number of aliphatic hydroxyl groups is 1. The predicted octanol–water partition coefficient (Wildman–Crippen LogP) is 2.76. The molecule has 0 spiro atoms. The summed E-state index contributed by atoms with van der Waals surface area (Å²) < 4.78 is 4.69. The summed E-state index contributed by atoms with van der Waals surface area (Å²) in [5, 5.41) is 18.4. The molecule has 0 aromatic heterocycles. The smallest absolute Gasteiger partial charge is 0.307 e. The first-order valence-electron chi connectivity index (χ1n) is 7.19. The largest absolute Gasteiger partial charge is 0.508 e. The number of ether oxygens (including phenoxy) is 1. The molecule has 0 bridgehead atoms. The van der Waals surface area contributed by atoms with Crippen LogP contribution in [0.25, 0.3) is 0 Å². The first-order chi connectivity index (χ1) is 9.86. The number of hydrogen-bond donors (Lipinski definition) is 2. The van der Waals surface area contributed by atoms with E-state index in [1.807, 2.05) is 0 Å². The fraction of sp³-hybridized carbons (Fsp3) is 0.667. The number of carboxylic acid groups (broad SMARTS) is 1. The number of allylic oxidation sites excluding steroid dienone is 1. The number of aliphatic carboxylic acids is 1. The van der Waals surface area contributed by atoms with Crippen molar-refractivity contribution < 1.29 is 29.3 Å². The number of carbonyl (C=O) groups excluding carboxylic acids is 2. The zero-order valence-corrected chi connectivity index (χ0v) is 12.6. The summed E-state index contributed by atoms with van der Waals surface area (Å²) in [6.45, 7) is 3.21. The number of hydrogen-bond acceptors (Lipinski definition) is 5. The Morgan fingerprint density at radius 3 is 2.24 bits per heavy atom. The van der Waals surface area contributed by atoms with Gasteiger partial charge in [0.1, 0.15) is 5.76 Å². The zero-order valence-electron chi connectivity index (χ0n) is 12.6. The maximum Gasteiger partial charge on any atom is 0.307 e. The molecular formula is C15H24O6. The summed E-state index contributed by atoms with van der Waals surface area (Å²) in [7, 11) is 0. The Hall–Kier alpha value is -1.85. The fourth-order valence-electron chi connectivity index (χ4n) is 1.80. The van der Waals surface area contributed by atoms with Gasteiger partial charge in [0.05, 0.1) is 6.42 Å². The number of ketones is 1. The van der Waals surface area contributed by atoms with Crippen LogP contribution in [0.1, 0.15) is 58.8 Å². The Bertz CT molecular complexity index is 370. The standard InChI is InChI=1S/C15H24O6/c1-3-4-5-6-7-8-12(17)9-13(18)14(10-15(19)20)21-11(2)16/h9,14,18H,3-8,10H2,1-2H3,(H,19,20)/b13-9-/t14-/m0/s1. The van der Waals surface area contributed by atoms with Gasteiger partial charge in [0.25, 0.3) is 0 Å². The van der Waals surface area contributed by atoms with Crippen LogP contribution in [0.15, 0.2) is 11.8 Å². The van der Waals surface area contributed by atoms with Gasteiger partial charge in [-0.15, -0.1) is 0 Å². The van der Waals surface area contributed by atoms with E-state index in [0.717, 1.165) is 45.1 Å². The van der Waals surface area contributed by atoms with E-state index in [1.165, 1.54) is 0 Å². The van der Waals surface area contributed by atoms with Crippen molar-refractivity contribution in [3.8, 4) is 0 Å². The van der Waals surface area contributed by atoms with Crippen molar-refractivity contribution >= 4 is 17.7 Å². The van der Waals surface area contributed by atoms with Gasteiger partial charge in [-0.3, -0.25) is 14.4 Å². The van der Waals surface area contributed by atoms with E-state index in [0.29, 0.717) is 0 Å². The van der Waals surface area contributed by atoms with Crippen LogP contribution in [0.5, 0.6) is 0 Å². The lowest BCUT2D eigenvalue weighted by atomic mass is 10.1. The summed E-state index contributed by atoms with van der Waals surface area (Å²) in [4.78, 5) is 33.1. The lowest BCUT2D eigenvalue weighted by Crippen LogP contribution is -2.23. The molecule has 0 heterocycles. The van der Waals surface area contributed by atoms with Gasteiger partial charge in [-0.1, -0.05) is 32.6 Å². The molecule has 0 saturated carbocycles. The SMILES string of the molecule is CCCCCCCC(=O)/C=C(\O)[C@H](CC(=O)O)OC(C)=O. The Morgan fingerprint density at radius 1 is 1.10 bits per heavy atom. The van der Waals surface area contributed by atoms with E-state index < -0.39 is 30.2 Å². The van der Waals surface area contributed by atoms with Crippen LogP contribution < -0.4 is 0 Å². The van der Waals surface area contributed by atoms with Crippen molar-refractivity contribution in [2.75, 3.05) is 0 Å². The third-order valence-corrected chi connectivity index (χ3v) is 2.83. The molecule has 0 radical (unpaired) electrons. The van der Waals surface area contributed by atoms with Crippen LogP contribution in [-0.4, -0.2) is 34.0 Å². The van der Waals surface area contributed by atoms with Gasteiger partial charge in [0.2, 0.25) is 0 Å². The predicted molar refractivity (Wildman–Crippen MR) is 76.9 cm³/mol. The second-order valence-corrected chi connectivity index (χ2v) is 4.90. The summed E-state index contributed by atoms with van der Waals surface area (Å²) in [6, 6.07) is 0. The second-order valence-electron chi connectivity index (χ2n) is 4.90. The van der Waals surface area contributed by atoms with Crippen LogP contribution in [0.3, 0.4) is 0 Å². The minimum absolute atomic E-state index is 0.285. The average Bonchev–Trinajstić information content (AvgIpc) is 2.36. The first kappa shape index (κ1) is 19.1. The van der Waals surface area contributed by atoms with Crippen molar-refractivity contribution in [1.82, 2.24) is 0 Å². The highest BCUT2D eigenvalue weighted by molar-refractivity contribution is 5.90. The van der Waals surface area contributed by atoms with Gasteiger partial charge < -0.3 is 14.9 Å². The molecule has 120 valence electrons. The van der Waals surface area contributed by atoms with Gasteiger partial charge in [-0.2, -0.15) is 0 Å². The minimum Gasteiger partial charge on any atom is -0.508 e. The van der Waals surface area contributed by atoms with E-state index in [2.05, 4.69) is 6.92 Å². The maximum atomic E-state index is 11.6.